The van der Waals surface area contributed by atoms with Crippen molar-refractivity contribution in [2.45, 2.75) is 25.7 Å². The van der Waals surface area contributed by atoms with Gasteiger partial charge in [0.15, 0.2) is 17.5 Å². The minimum atomic E-state index is -1.44. The summed E-state index contributed by atoms with van der Waals surface area (Å²) in [7, 11) is 0. The van der Waals surface area contributed by atoms with Crippen LogP contribution < -0.4 is 0 Å². The Morgan fingerprint density at radius 3 is 2.19 bits per heavy atom. The highest BCUT2D eigenvalue weighted by Crippen LogP contribution is 2.39. The first-order valence-corrected chi connectivity index (χ1v) is 8.79. The summed E-state index contributed by atoms with van der Waals surface area (Å²) >= 11 is 0. The molecule has 2 aromatic rings. The van der Waals surface area contributed by atoms with E-state index in [0.717, 1.165) is 12.1 Å². The minimum Gasteiger partial charge on any atom is -0.208 e. The Morgan fingerprint density at radius 2 is 1.59 bits per heavy atom. The lowest BCUT2D eigenvalue weighted by Crippen LogP contribution is -2.14. The van der Waals surface area contributed by atoms with E-state index in [0.29, 0.717) is 25.7 Å². The van der Waals surface area contributed by atoms with E-state index in [9.17, 15) is 22.0 Å². The number of halogens is 5. The molecule has 3 rings (SSSR count). The number of fused-ring (bicyclic) bond motifs is 1. The highest BCUT2D eigenvalue weighted by atomic mass is 19.2. The smallest absolute Gasteiger partial charge is 0.170 e. The topological polar surface area (TPSA) is 0 Å². The molecule has 1 aliphatic carbocycles. The van der Waals surface area contributed by atoms with E-state index < -0.39 is 46.0 Å². The fourth-order valence-electron chi connectivity index (χ4n) is 3.64. The molecule has 5 heteroatoms. The molecule has 1 aliphatic rings. The van der Waals surface area contributed by atoms with Gasteiger partial charge in [-0.2, -0.15) is 0 Å². The van der Waals surface area contributed by atoms with Crippen LogP contribution in [-0.2, 0) is 0 Å². The van der Waals surface area contributed by atoms with Crippen LogP contribution in [0.1, 0.15) is 36.8 Å². The fraction of sp³-hybridized carbons (Fsp3) is 0.273. The van der Waals surface area contributed by atoms with E-state index in [2.05, 4.69) is 13.2 Å². The van der Waals surface area contributed by atoms with Crippen LogP contribution >= 0.6 is 0 Å². The molecule has 0 unspecified atom stereocenters. The van der Waals surface area contributed by atoms with E-state index in [-0.39, 0.29) is 16.9 Å². The van der Waals surface area contributed by atoms with Crippen LogP contribution in [0.5, 0.6) is 0 Å². The second-order valence-electron chi connectivity index (χ2n) is 6.83. The molecule has 0 amide bonds. The van der Waals surface area contributed by atoms with Crippen LogP contribution in [0.4, 0.5) is 22.0 Å². The number of benzene rings is 2. The number of hydrogen-bond acceptors (Lipinski definition) is 0. The lowest BCUT2D eigenvalue weighted by molar-refractivity contribution is 0.305. The van der Waals surface area contributed by atoms with Gasteiger partial charge in [-0.25, -0.2) is 22.0 Å². The van der Waals surface area contributed by atoms with Crippen LogP contribution in [0.25, 0.3) is 22.7 Å². The maximum absolute atomic E-state index is 14.8. The number of hydrogen-bond donors (Lipinski definition) is 0. The van der Waals surface area contributed by atoms with Gasteiger partial charge in [0.2, 0.25) is 0 Å². The van der Waals surface area contributed by atoms with E-state index in [1.54, 1.807) is 6.08 Å². The Hall–Kier alpha value is -2.43. The summed E-state index contributed by atoms with van der Waals surface area (Å²) in [5.74, 6) is -6.82. The van der Waals surface area contributed by atoms with Crippen LogP contribution in [0.15, 0.2) is 43.3 Å². The summed E-state index contributed by atoms with van der Waals surface area (Å²) < 4.78 is 72.3. The number of rotatable bonds is 4. The predicted molar refractivity (Wildman–Crippen MR) is 98.7 cm³/mol. The van der Waals surface area contributed by atoms with E-state index in [4.69, 9.17) is 0 Å². The zero-order valence-corrected chi connectivity index (χ0v) is 14.7. The zero-order valence-electron chi connectivity index (χ0n) is 14.7. The molecule has 0 aromatic heterocycles. The van der Waals surface area contributed by atoms with Crippen molar-refractivity contribution in [2.24, 2.45) is 11.8 Å². The Balaban J connectivity index is 2.06. The Morgan fingerprint density at radius 1 is 0.926 bits per heavy atom. The first-order chi connectivity index (χ1) is 12.9. The Bertz CT molecular complexity index is 934. The zero-order chi connectivity index (χ0) is 19.7. The molecule has 27 heavy (non-hydrogen) atoms. The van der Waals surface area contributed by atoms with Crippen molar-refractivity contribution in [3.63, 3.8) is 0 Å². The summed E-state index contributed by atoms with van der Waals surface area (Å²) in [6, 6.07) is 3.50. The SMILES string of the molecule is C=Cc1cc2ccc(C(F)=C(F)C3CCC(C=C)CC3)c(F)c2c(F)c1F. The summed E-state index contributed by atoms with van der Waals surface area (Å²) in [5.41, 5.74) is -0.830. The van der Waals surface area contributed by atoms with Gasteiger partial charge in [-0.15, -0.1) is 6.58 Å². The van der Waals surface area contributed by atoms with Gasteiger partial charge >= 0.3 is 0 Å². The first-order valence-electron chi connectivity index (χ1n) is 8.79. The molecule has 0 heterocycles. The second kappa shape index (κ2) is 7.67. The second-order valence-corrected chi connectivity index (χ2v) is 6.83. The number of allylic oxidation sites excluding steroid dienone is 2. The van der Waals surface area contributed by atoms with Crippen LogP contribution in [0, 0.1) is 29.3 Å². The van der Waals surface area contributed by atoms with Gasteiger partial charge in [0.25, 0.3) is 0 Å². The van der Waals surface area contributed by atoms with Crippen molar-refractivity contribution >= 4 is 22.7 Å². The maximum Gasteiger partial charge on any atom is 0.170 e. The lowest BCUT2D eigenvalue weighted by Gasteiger charge is -2.25. The van der Waals surface area contributed by atoms with Gasteiger partial charge in [0.1, 0.15) is 11.6 Å². The third kappa shape index (κ3) is 3.43. The lowest BCUT2D eigenvalue weighted by atomic mass is 9.81. The molecule has 0 radical (unpaired) electrons. The predicted octanol–water partition coefficient (Wildman–Crippen LogP) is 7.50. The molecule has 0 spiro atoms. The molecular weight excluding hydrogens is 359 g/mol. The van der Waals surface area contributed by atoms with E-state index in [1.807, 2.05) is 0 Å². The third-order valence-corrected chi connectivity index (χ3v) is 5.28. The molecule has 1 fully saturated rings. The van der Waals surface area contributed by atoms with E-state index >= 15 is 0 Å². The summed E-state index contributed by atoms with van der Waals surface area (Å²) in [6.07, 6.45) is 5.11. The van der Waals surface area contributed by atoms with Crippen molar-refractivity contribution in [3.05, 3.63) is 71.8 Å². The van der Waals surface area contributed by atoms with Crippen LogP contribution in [-0.4, -0.2) is 0 Å². The van der Waals surface area contributed by atoms with Crippen molar-refractivity contribution < 1.29 is 22.0 Å². The van der Waals surface area contributed by atoms with Gasteiger partial charge in [-0.3, -0.25) is 0 Å². The molecule has 2 aromatic carbocycles. The fourth-order valence-corrected chi connectivity index (χ4v) is 3.64. The molecule has 142 valence electrons. The third-order valence-electron chi connectivity index (χ3n) is 5.28. The van der Waals surface area contributed by atoms with E-state index in [1.165, 1.54) is 12.1 Å². The van der Waals surface area contributed by atoms with Crippen molar-refractivity contribution in [1.82, 2.24) is 0 Å². The highest BCUT2D eigenvalue weighted by Gasteiger charge is 2.28. The largest absolute Gasteiger partial charge is 0.208 e. The van der Waals surface area contributed by atoms with Gasteiger partial charge in [-0.1, -0.05) is 24.8 Å². The standard InChI is InChI=1S/C22H19F5/c1-3-12-5-7-14(8-6-12)19(24)21(26)16-10-9-15-11-13(4-2)18(23)22(27)17(15)20(16)25/h3-4,9-12,14H,1-2,5-8H2. The minimum absolute atomic E-state index is 0.0461. The Labute approximate surface area is 154 Å². The van der Waals surface area contributed by atoms with Crippen molar-refractivity contribution in [2.75, 3.05) is 0 Å². The molecule has 1 saturated carbocycles. The van der Waals surface area contributed by atoms with Crippen LogP contribution in [0.2, 0.25) is 0 Å². The summed E-state index contributed by atoms with van der Waals surface area (Å²) in [4.78, 5) is 0. The average molecular weight is 378 g/mol. The van der Waals surface area contributed by atoms with Gasteiger partial charge in [0, 0.05) is 17.0 Å². The van der Waals surface area contributed by atoms with Crippen LogP contribution in [0.3, 0.4) is 0 Å². The first kappa shape index (κ1) is 19.3. The monoisotopic (exact) mass is 378 g/mol. The molecule has 0 saturated heterocycles. The molecule has 0 nitrogen and oxygen atoms in total. The van der Waals surface area contributed by atoms with Gasteiger partial charge < -0.3 is 0 Å². The Kier molecular flexibility index (Phi) is 5.49. The molecule has 0 atom stereocenters. The maximum atomic E-state index is 14.8. The molecule has 0 N–H and O–H groups in total. The molecular formula is C22H19F5. The molecule has 0 bridgehead atoms. The van der Waals surface area contributed by atoms with Gasteiger partial charge in [-0.05, 0) is 49.1 Å². The molecule has 0 aliphatic heterocycles. The quantitative estimate of drug-likeness (QED) is 0.382. The highest BCUT2D eigenvalue weighted by molar-refractivity contribution is 5.89. The van der Waals surface area contributed by atoms with Crippen molar-refractivity contribution in [3.8, 4) is 0 Å². The normalized spacial score (nSPS) is 21.1. The average Bonchev–Trinajstić information content (AvgIpc) is 2.69. The summed E-state index contributed by atoms with van der Waals surface area (Å²) in [5, 5.41) is -0.654. The van der Waals surface area contributed by atoms with Crippen molar-refractivity contribution in [1.29, 1.82) is 0 Å². The van der Waals surface area contributed by atoms with Gasteiger partial charge in [0.05, 0.1) is 5.39 Å². The summed E-state index contributed by atoms with van der Waals surface area (Å²) in [6.45, 7) is 7.07.